The minimum Gasteiger partial charge on any atom is -0.397 e. The van der Waals surface area contributed by atoms with E-state index in [0.717, 1.165) is 43.8 Å². The number of imidazole rings is 1. The summed E-state index contributed by atoms with van der Waals surface area (Å²) in [7, 11) is 0. The van der Waals surface area contributed by atoms with E-state index in [2.05, 4.69) is 29.8 Å². The molecule has 5 aromatic rings. The first kappa shape index (κ1) is 26.5. The largest absolute Gasteiger partial charge is 0.397 e. The van der Waals surface area contributed by atoms with Crippen LogP contribution in [0.25, 0.3) is 22.4 Å². The summed E-state index contributed by atoms with van der Waals surface area (Å²) >= 11 is 11.9. The van der Waals surface area contributed by atoms with E-state index in [-0.39, 0.29) is 0 Å². The topological polar surface area (TPSA) is 124 Å². The lowest BCUT2D eigenvalue weighted by Crippen LogP contribution is -2.03. The zero-order chi connectivity index (χ0) is 27.2. The lowest BCUT2D eigenvalue weighted by Gasteiger charge is -2.07. The Bertz CT molecular complexity index is 1550. The summed E-state index contributed by atoms with van der Waals surface area (Å²) in [5, 5.41) is 4.79. The van der Waals surface area contributed by atoms with Crippen molar-refractivity contribution in [2.75, 3.05) is 11.1 Å². The van der Waals surface area contributed by atoms with E-state index in [1.54, 1.807) is 18.5 Å². The van der Waals surface area contributed by atoms with E-state index in [9.17, 15) is 4.79 Å². The molecular weight excluding hydrogens is 535 g/mol. The molecule has 3 heterocycles. The maximum absolute atomic E-state index is 9.93. The SMILES string of the molecule is Clc1ccc2nc(-c3cncnc3)n(C3CC3)c2c1.Nc1ccc(Cl)cc1NC1CC1.O=Cc1cncnc1. The number of benzene rings is 2. The number of nitrogens with one attached hydrogen (secondary N) is 1. The standard InChI is InChI=1S/C14H11ClN4.C9H11ClN2.C5H4N2O/c15-10-1-4-12-13(5-10)19(11-2-3-11)14(18-12)9-6-16-8-17-7-9;10-6-1-4-8(11)9(5-6)12-7-2-3-7;8-3-5-1-6-4-7-2-5/h1,4-8,11H,2-3H2;1,4-5,7,12H,2-3,11H2;1-4H. The van der Waals surface area contributed by atoms with E-state index in [4.69, 9.17) is 33.9 Å². The van der Waals surface area contributed by atoms with Gasteiger partial charge in [0.15, 0.2) is 6.29 Å². The molecule has 0 atom stereocenters. The van der Waals surface area contributed by atoms with E-state index in [1.807, 2.05) is 30.3 Å². The van der Waals surface area contributed by atoms with E-state index >= 15 is 0 Å². The third-order valence-corrected chi connectivity index (χ3v) is 6.52. The van der Waals surface area contributed by atoms with Gasteiger partial charge in [-0.15, -0.1) is 0 Å². The Morgan fingerprint density at radius 1 is 0.872 bits per heavy atom. The van der Waals surface area contributed by atoms with Crippen LogP contribution in [0.4, 0.5) is 11.4 Å². The average molecular weight is 561 g/mol. The number of halogens is 2. The maximum atomic E-state index is 9.93. The third-order valence-electron chi connectivity index (χ3n) is 6.05. The normalized spacial score (nSPS) is 14.0. The number of carbonyl (C=O) groups excluding carboxylic acids is 1. The fraction of sp³-hybridized carbons (Fsp3) is 0.214. The number of hydrogen-bond donors (Lipinski definition) is 2. The molecule has 2 aliphatic rings. The minimum atomic E-state index is 0.507. The number of carbonyl (C=O) groups is 1. The van der Waals surface area contributed by atoms with Gasteiger partial charge in [0, 0.05) is 46.9 Å². The molecule has 0 radical (unpaired) electrons. The molecule has 2 fully saturated rings. The van der Waals surface area contributed by atoms with Gasteiger partial charge in [-0.3, -0.25) is 4.79 Å². The Balaban J connectivity index is 0.000000132. The molecule has 0 amide bonds. The van der Waals surface area contributed by atoms with Gasteiger partial charge in [-0.1, -0.05) is 23.2 Å². The molecular formula is C28H26Cl2N8O. The number of aldehydes is 1. The van der Waals surface area contributed by atoms with Crippen LogP contribution in [0, 0.1) is 0 Å². The fourth-order valence-electron chi connectivity index (χ4n) is 3.86. The summed E-state index contributed by atoms with van der Waals surface area (Å²) in [4.78, 5) is 30.0. The van der Waals surface area contributed by atoms with Gasteiger partial charge in [-0.2, -0.15) is 0 Å². The molecule has 2 saturated carbocycles. The van der Waals surface area contributed by atoms with Crippen LogP contribution in [0.15, 0.2) is 73.8 Å². The summed E-state index contributed by atoms with van der Waals surface area (Å²) in [6.45, 7) is 0. The van der Waals surface area contributed by atoms with E-state index in [1.165, 1.54) is 50.7 Å². The van der Waals surface area contributed by atoms with Gasteiger partial charge in [-0.25, -0.2) is 24.9 Å². The van der Waals surface area contributed by atoms with Crippen molar-refractivity contribution in [3.8, 4) is 11.4 Å². The van der Waals surface area contributed by atoms with Crippen molar-refractivity contribution >= 4 is 51.9 Å². The number of anilines is 2. The van der Waals surface area contributed by atoms with Crippen LogP contribution in [-0.4, -0.2) is 41.8 Å². The molecule has 11 heteroatoms. The first-order valence-corrected chi connectivity index (χ1v) is 13.2. The summed E-state index contributed by atoms with van der Waals surface area (Å²) in [6, 6.07) is 12.5. The lowest BCUT2D eigenvalue weighted by atomic mass is 10.2. The summed E-state index contributed by atoms with van der Waals surface area (Å²) in [6.07, 6.45) is 15.0. The quantitative estimate of drug-likeness (QED) is 0.190. The van der Waals surface area contributed by atoms with Gasteiger partial charge in [-0.05, 0) is 62.1 Å². The molecule has 2 aliphatic carbocycles. The molecule has 2 aromatic carbocycles. The van der Waals surface area contributed by atoms with Crippen molar-refractivity contribution in [1.29, 1.82) is 0 Å². The van der Waals surface area contributed by atoms with E-state index in [0.29, 0.717) is 23.9 Å². The third kappa shape index (κ3) is 7.07. The fourth-order valence-corrected chi connectivity index (χ4v) is 4.20. The molecule has 39 heavy (non-hydrogen) atoms. The number of nitrogens with zero attached hydrogens (tertiary/aromatic N) is 6. The van der Waals surface area contributed by atoms with E-state index < -0.39 is 0 Å². The van der Waals surface area contributed by atoms with Gasteiger partial charge in [0.05, 0.1) is 33.5 Å². The summed E-state index contributed by atoms with van der Waals surface area (Å²) in [5.74, 6) is 0.931. The first-order chi connectivity index (χ1) is 19.0. The molecule has 0 aliphatic heterocycles. The van der Waals surface area contributed by atoms with Crippen LogP contribution in [-0.2, 0) is 0 Å². The predicted molar refractivity (Wildman–Crippen MR) is 154 cm³/mol. The number of hydrogen-bond acceptors (Lipinski definition) is 8. The summed E-state index contributed by atoms with van der Waals surface area (Å²) in [5.41, 5.74) is 11.0. The molecule has 9 nitrogen and oxygen atoms in total. The van der Waals surface area contributed by atoms with Gasteiger partial charge in [0.1, 0.15) is 18.5 Å². The maximum Gasteiger partial charge on any atom is 0.153 e. The van der Waals surface area contributed by atoms with Crippen LogP contribution in [0.5, 0.6) is 0 Å². The van der Waals surface area contributed by atoms with Gasteiger partial charge < -0.3 is 15.6 Å². The molecule has 3 N–H and O–H groups in total. The highest BCUT2D eigenvalue weighted by Crippen LogP contribution is 2.41. The Hall–Kier alpha value is -4.08. The van der Waals surface area contributed by atoms with Crippen LogP contribution in [0.1, 0.15) is 42.1 Å². The number of nitrogens with two attached hydrogens (primary N) is 1. The van der Waals surface area contributed by atoms with Crippen molar-refractivity contribution in [2.24, 2.45) is 0 Å². The van der Waals surface area contributed by atoms with Crippen LogP contribution in [0.3, 0.4) is 0 Å². The first-order valence-electron chi connectivity index (χ1n) is 12.5. The second-order valence-corrected chi connectivity index (χ2v) is 10.1. The Kier molecular flexibility index (Phi) is 8.29. The molecule has 0 unspecified atom stereocenters. The molecule has 198 valence electrons. The highest BCUT2D eigenvalue weighted by atomic mass is 35.5. The van der Waals surface area contributed by atoms with Crippen LogP contribution >= 0.6 is 23.2 Å². The monoisotopic (exact) mass is 560 g/mol. The van der Waals surface area contributed by atoms with Gasteiger partial charge in [0.2, 0.25) is 0 Å². The van der Waals surface area contributed by atoms with Crippen molar-refractivity contribution in [1.82, 2.24) is 29.5 Å². The summed E-state index contributed by atoms with van der Waals surface area (Å²) < 4.78 is 2.26. The predicted octanol–water partition coefficient (Wildman–Crippen LogP) is 6.27. The van der Waals surface area contributed by atoms with Gasteiger partial charge >= 0.3 is 0 Å². The highest BCUT2D eigenvalue weighted by molar-refractivity contribution is 6.31. The van der Waals surface area contributed by atoms with Crippen molar-refractivity contribution in [2.45, 2.75) is 37.8 Å². The Morgan fingerprint density at radius 3 is 2.13 bits per heavy atom. The molecule has 7 rings (SSSR count). The average Bonchev–Trinajstić information content (AvgIpc) is 3.91. The molecule has 0 spiro atoms. The highest BCUT2D eigenvalue weighted by Gasteiger charge is 2.29. The van der Waals surface area contributed by atoms with Crippen molar-refractivity contribution in [3.63, 3.8) is 0 Å². The second-order valence-electron chi connectivity index (χ2n) is 9.24. The van der Waals surface area contributed by atoms with Crippen LogP contribution in [0.2, 0.25) is 10.0 Å². The zero-order valence-electron chi connectivity index (χ0n) is 20.9. The van der Waals surface area contributed by atoms with Gasteiger partial charge in [0.25, 0.3) is 0 Å². The smallest absolute Gasteiger partial charge is 0.153 e. The molecule has 0 bridgehead atoms. The second kappa shape index (κ2) is 12.2. The Labute approximate surface area is 235 Å². The number of rotatable bonds is 5. The molecule has 0 saturated heterocycles. The number of aromatic nitrogens is 6. The van der Waals surface area contributed by atoms with Crippen molar-refractivity contribution in [3.05, 3.63) is 89.4 Å². The van der Waals surface area contributed by atoms with Crippen LogP contribution < -0.4 is 11.1 Å². The zero-order valence-corrected chi connectivity index (χ0v) is 22.4. The number of nitrogen functional groups attached to an aromatic ring is 1. The minimum absolute atomic E-state index is 0.507. The molecule has 3 aromatic heterocycles. The lowest BCUT2D eigenvalue weighted by molar-refractivity contribution is 0.112. The number of fused-ring (bicyclic) bond motifs is 1. The Morgan fingerprint density at radius 2 is 1.51 bits per heavy atom. The van der Waals surface area contributed by atoms with Crippen molar-refractivity contribution < 1.29 is 4.79 Å².